The van der Waals surface area contributed by atoms with E-state index in [4.69, 9.17) is 4.42 Å². The zero-order chi connectivity index (χ0) is 15.8. The lowest BCUT2D eigenvalue weighted by molar-refractivity contribution is -0.136. The number of Topliss-reactive ketones (excluding diaryl/α,β-unsaturated/α-hetero) is 1. The predicted molar refractivity (Wildman–Crippen MR) is 85.4 cm³/mol. The van der Waals surface area contributed by atoms with Crippen molar-refractivity contribution < 1.29 is 14.0 Å². The average molecular weight is 316 g/mol. The van der Waals surface area contributed by atoms with Crippen LogP contribution in [0.1, 0.15) is 60.6 Å². The fourth-order valence-electron chi connectivity index (χ4n) is 4.37. The smallest absolute Gasteiger partial charge is 0.231 e. The summed E-state index contributed by atoms with van der Waals surface area (Å²) >= 11 is 0. The quantitative estimate of drug-likeness (QED) is 0.859. The molecule has 0 N–H and O–H groups in total. The topological polar surface area (TPSA) is 53.8 Å². The Morgan fingerprint density at radius 3 is 2.78 bits per heavy atom. The van der Waals surface area contributed by atoms with Crippen LogP contribution in [0.15, 0.2) is 16.7 Å². The van der Waals surface area contributed by atoms with E-state index in [1.807, 2.05) is 0 Å². The molecule has 0 bridgehead atoms. The van der Waals surface area contributed by atoms with Crippen LogP contribution in [0.3, 0.4) is 0 Å². The Kier molecular flexibility index (Phi) is 3.97. The molecule has 0 radical (unpaired) electrons. The molecule has 5 heteroatoms. The molecular weight excluding hydrogens is 292 g/mol. The molecule has 3 aliphatic rings. The van der Waals surface area contributed by atoms with Crippen LogP contribution in [0.5, 0.6) is 0 Å². The van der Waals surface area contributed by atoms with Gasteiger partial charge in [-0.15, -0.1) is 0 Å². The molecule has 1 aromatic heterocycles. The molecule has 1 aliphatic carbocycles. The van der Waals surface area contributed by atoms with Gasteiger partial charge in [0.25, 0.3) is 0 Å². The molecule has 2 saturated heterocycles. The summed E-state index contributed by atoms with van der Waals surface area (Å²) < 4.78 is 5.26. The van der Waals surface area contributed by atoms with Crippen molar-refractivity contribution in [2.75, 3.05) is 26.2 Å². The van der Waals surface area contributed by atoms with Gasteiger partial charge in [-0.05, 0) is 51.3 Å². The second-order valence-electron chi connectivity index (χ2n) is 7.07. The molecule has 0 saturated carbocycles. The largest absolute Gasteiger partial charge is 0.461 e. The molecule has 2 atom stereocenters. The molecule has 23 heavy (non-hydrogen) atoms. The summed E-state index contributed by atoms with van der Waals surface area (Å²) in [5, 5.41) is 0. The van der Waals surface area contributed by atoms with E-state index in [0.717, 1.165) is 44.6 Å². The van der Waals surface area contributed by atoms with Gasteiger partial charge in [-0.2, -0.15) is 0 Å². The summed E-state index contributed by atoms with van der Waals surface area (Å²) in [6.45, 7) is 4.14. The Bertz CT molecular complexity index is 603. The first-order chi connectivity index (χ1) is 11.2. The first kappa shape index (κ1) is 14.9. The van der Waals surface area contributed by atoms with Crippen molar-refractivity contribution in [1.82, 2.24) is 9.80 Å². The molecule has 0 spiro atoms. The molecule has 3 heterocycles. The highest BCUT2D eigenvalue weighted by Gasteiger charge is 2.41. The maximum atomic E-state index is 13.1. The van der Waals surface area contributed by atoms with Gasteiger partial charge in [0.2, 0.25) is 5.91 Å². The van der Waals surface area contributed by atoms with Crippen molar-refractivity contribution >= 4 is 11.7 Å². The minimum Gasteiger partial charge on any atom is -0.461 e. The van der Waals surface area contributed by atoms with Gasteiger partial charge in [0.15, 0.2) is 11.5 Å². The van der Waals surface area contributed by atoms with Gasteiger partial charge in [0, 0.05) is 31.1 Å². The van der Waals surface area contributed by atoms with Crippen molar-refractivity contribution in [3.8, 4) is 0 Å². The van der Waals surface area contributed by atoms with Crippen LogP contribution >= 0.6 is 0 Å². The third-order valence-corrected chi connectivity index (χ3v) is 5.59. The number of rotatable bonds is 3. The van der Waals surface area contributed by atoms with Crippen molar-refractivity contribution in [3.63, 3.8) is 0 Å². The zero-order valence-electron chi connectivity index (χ0n) is 13.5. The molecule has 4 rings (SSSR count). The van der Waals surface area contributed by atoms with E-state index in [1.54, 1.807) is 6.07 Å². The Balaban J connectivity index is 1.50. The molecule has 2 fully saturated rings. The van der Waals surface area contributed by atoms with Gasteiger partial charge in [-0.1, -0.05) is 0 Å². The number of nitrogens with zero attached hydrogens (tertiary/aromatic N) is 2. The lowest BCUT2D eigenvalue weighted by Gasteiger charge is -2.39. The maximum absolute atomic E-state index is 13.1. The molecule has 0 aromatic carbocycles. The number of carbonyl (C=O) groups excluding carboxylic acids is 2. The van der Waals surface area contributed by atoms with E-state index in [0.29, 0.717) is 11.8 Å². The summed E-state index contributed by atoms with van der Waals surface area (Å²) in [5.41, 5.74) is 0.797. The third kappa shape index (κ3) is 2.71. The van der Waals surface area contributed by atoms with Crippen molar-refractivity contribution in [2.45, 2.75) is 50.5 Å². The number of likely N-dealkylation sites (tertiary alicyclic amines) is 2. The van der Waals surface area contributed by atoms with Crippen LogP contribution in [0.25, 0.3) is 0 Å². The standard InChI is InChI=1S/C18H24N2O3/c21-16-11-15(14-6-10-23-17(14)16)18(22)20-9-2-1-5-13(20)12-19-7-3-4-8-19/h6,10,13,15H,1-5,7-9,11-12H2. The highest BCUT2D eigenvalue weighted by atomic mass is 16.3. The van der Waals surface area contributed by atoms with E-state index in [-0.39, 0.29) is 24.0 Å². The lowest BCUT2D eigenvalue weighted by atomic mass is 9.96. The SMILES string of the molecule is O=C1CC(C(=O)N2CCCCC2CN2CCCC2)c2ccoc21. The van der Waals surface area contributed by atoms with Crippen LogP contribution in [-0.2, 0) is 4.79 Å². The monoisotopic (exact) mass is 316 g/mol. The van der Waals surface area contributed by atoms with E-state index in [9.17, 15) is 9.59 Å². The Labute approximate surface area is 136 Å². The minimum atomic E-state index is -0.324. The van der Waals surface area contributed by atoms with Crippen LogP contribution in [0.4, 0.5) is 0 Å². The lowest BCUT2D eigenvalue weighted by Crippen LogP contribution is -2.50. The summed E-state index contributed by atoms with van der Waals surface area (Å²) in [5.74, 6) is 0.172. The highest BCUT2D eigenvalue weighted by molar-refractivity contribution is 6.04. The number of carbonyl (C=O) groups is 2. The summed E-state index contributed by atoms with van der Waals surface area (Å²) in [7, 11) is 0. The second-order valence-corrected chi connectivity index (χ2v) is 7.07. The summed E-state index contributed by atoms with van der Waals surface area (Å²) in [4.78, 5) is 29.7. The van der Waals surface area contributed by atoms with Gasteiger partial charge in [0.1, 0.15) is 0 Å². The Morgan fingerprint density at radius 1 is 1.17 bits per heavy atom. The third-order valence-electron chi connectivity index (χ3n) is 5.59. The van der Waals surface area contributed by atoms with Gasteiger partial charge >= 0.3 is 0 Å². The Hall–Kier alpha value is -1.62. The van der Waals surface area contributed by atoms with Crippen LogP contribution in [0, 0.1) is 0 Å². The summed E-state index contributed by atoms with van der Waals surface area (Å²) in [6, 6.07) is 2.10. The number of ketones is 1. The minimum absolute atomic E-state index is 0.0311. The Morgan fingerprint density at radius 2 is 1.96 bits per heavy atom. The molecule has 2 aliphatic heterocycles. The van der Waals surface area contributed by atoms with Crippen molar-refractivity contribution in [3.05, 3.63) is 23.7 Å². The van der Waals surface area contributed by atoms with Gasteiger partial charge in [-0.25, -0.2) is 0 Å². The van der Waals surface area contributed by atoms with E-state index < -0.39 is 0 Å². The van der Waals surface area contributed by atoms with E-state index in [1.165, 1.54) is 25.5 Å². The number of furan rings is 1. The number of piperidine rings is 1. The van der Waals surface area contributed by atoms with Crippen molar-refractivity contribution in [2.24, 2.45) is 0 Å². The molecule has 2 unspecified atom stereocenters. The van der Waals surface area contributed by atoms with Crippen LogP contribution < -0.4 is 0 Å². The predicted octanol–water partition coefficient (Wildman–Crippen LogP) is 2.43. The molecule has 1 aromatic rings. The molecular formula is C18H24N2O3. The second kappa shape index (κ2) is 6.11. The average Bonchev–Trinajstić information content (AvgIpc) is 3.27. The molecule has 124 valence electrons. The zero-order valence-corrected chi connectivity index (χ0v) is 13.5. The molecule has 1 amide bonds. The number of hydrogen-bond donors (Lipinski definition) is 0. The summed E-state index contributed by atoms with van der Waals surface area (Å²) in [6.07, 6.45) is 7.71. The highest BCUT2D eigenvalue weighted by Crippen LogP contribution is 2.36. The molecule has 5 nitrogen and oxygen atoms in total. The van der Waals surface area contributed by atoms with E-state index >= 15 is 0 Å². The fraction of sp³-hybridized carbons (Fsp3) is 0.667. The number of hydrogen-bond acceptors (Lipinski definition) is 4. The van der Waals surface area contributed by atoms with Crippen molar-refractivity contribution in [1.29, 1.82) is 0 Å². The number of amides is 1. The fourth-order valence-corrected chi connectivity index (χ4v) is 4.37. The van der Waals surface area contributed by atoms with Crippen LogP contribution in [0.2, 0.25) is 0 Å². The van der Waals surface area contributed by atoms with E-state index in [2.05, 4.69) is 9.80 Å². The number of fused-ring (bicyclic) bond motifs is 1. The maximum Gasteiger partial charge on any atom is 0.231 e. The first-order valence-corrected chi connectivity index (χ1v) is 8.87. The first-order valence-electron chi connectivity index (χ1n) is 8.87. The van der Waals surface area contributed by atoms with Crippen LogP contribution in [-0.4, -0.2) is 53.7 Å². The van der Waals surface area contributed by atoms with Gasteiger partial charge in [0.05, 0.1) is 12.2 Å². The normalized spacial score (nSPS) is 28.3. The van der Waals surface area contributed by atoms with Gasteiger partial charge in [-0.3, -0.25) is 9.59 Å². The van der Waals surface area contributed by atoms with Gasteiger partial charge < -0.3 is 14.2 Å².